The highest BCUT2D eigenvalue weighted by Crippen LogP contribution is 2.35. The summed E-state index contributed by atoms with van der Waals surface area (Å²) in [6, 6.07) is 0. The maximum atomic E-state index is 10.1. The van der Waals surface area contributed by atoms with Crippen molar-refractivity contribution in [3.63, 3.8) is 0 Å². The lowest BCUT2D eigenvalue weighted by molar-refractivity contribution is -0.135. The van der Waals surface area contributed by atoms with Crippen molar-refractivity contribution in [2.24, 2.45) is 0 Å². The van der Waals surface area contributed by atoms with E-state index in [4.69, 9.17) is 5.11 Å². The molecule has 1 unspecified atom stereocenters. The van der Waals surface area contributed by atoms with Gasteiger partial charge < -0.3 is 5.11 Å². The molecular weight excluding hydrogens is 144 g/mol. The molecule has 1 heterocycles. The molecule has 0 amide bonds. The first-order valence-electron chi connectivity index (χ1n) is 2.02. The van der Waals surface area contributed by atoms with E-state index in [0.717, 1.165) is 0 Å². The number of carboxylic acids is 1. The molecule has 1 N–H and O–H groups in total. The van der Waals surface area contributed by atoms with Crippen LogP contribution >= 0.6 is 21.6 Å². The Kier molecular flexibility index (Phi) is 1.85. The Morgan fingerprint density at radius 1 is 1.75 bits per heavy atom. The van der Waals surface area contributed by atoms with Crippen LogP contribution in [-0.4, -0.2) is 16.3 Å². The number of hydrogen-bond donors (Lipinski definition) is 1. The zero-order chi connectivity index (χ0) is 5.98. The SMILES string of the molecule is O=C(O)C1C=CSS1. The van der Waals surface area contributed by atoms with Gasteiger partial charge in [0.2, 0.25) is 0 Å². The van der Waals surface area contributed by atoms with E-state index in [9.17, 15) is 4.79 Å². The summed E-state index contributed by atoms with van der Waals surface area (Å²) < 4.78 is 0. The fourth-order valence-electron chi connectivity index (χ4n) is 0.351. The molecule has 2 nitrogen and oxygen atoms in total. The molecule has 8 heavy (non-hydrogen) atoms. The number of carbonyl (C=O) groups is 1. The molecule has 4 heteroatoms. The fraction of sp³-hybridized carbons (Fsp3) is 0.250. The van der Waals surface area contributed by atoms with Crippen molar-refractivity contribution in [2.75, 3.05) is 0 Å². The van der Waals surface area contributed by atoms with Gasteiger partial charge in [-0.15, -0.1) is 0 Å². The Hall–Kier alpha value is -0.0900. The van der Waals surface area contributed by atoms with Crippen LogP contribution in [0.15, 0.2) is 11.5 Å². The average molecular weight is 148 g/mol. The molecule has 1 aliphatic rings. The van der Waals surface area contributed by atoms with Crippen LogP contribution in [0, 0.1) is 0 Å². The summed E-state index contributed by atoms with van der Waals surface area (Å²) in [6.45, 7) is 0. The zero-order valence-corrected chi connectivity index (χ0v) is 5.54. The highest BCUT2D eigenvalue weighted by Gasteiger charge is 2.17. The minimum atomic E-state index is -0.753. The Bertz CT molecular complexity index is 132. The lowest BCUT2D eigenvalue weighted by Crippen LogP contribution is -2.09. The van der Waals surface area contributed by atoms with Crippen molar-refractivity contribution in [1.82, 2.24) is 0 Å². The van der Waals surface area contributed by atoms with Crippen LogP contribution in [-0.2, 0) is 4.79 Å². The van der Waals surface area contributed by atoms with Crippen molar-refractivity contribution >= 4 is 27.6 Å². The largest absolute Gasteiger partial charge is 0.480 e. The molecule has 1 atom stereocenters. The summed E-state index contributed by atoms with van der Waals surface area (Å²) in [5, 5.41) is 9.80. The summed E-state index contributed by atoms with van der Waals surface area (Å²) >= 11 is 0. The summed E-state index contributed by atoms with van der Waals surface area (Å²) in [6.07, 6.45) is 1.68. The minimum Gasteiger partial charge on any atom is -0.480 e. The van der Waals surface area contributed by atoms with E-state index in [1.165, 1.54) is 21.6 Å². The maximum absolute atomic E-state index is 10.1. The first-order valence-corrected chi connectivity index (χ1v) is 4.30. The van der Waals surface area contributed by atoms with Crippen molar-refractivity contribution in [1.29, 1.82) is 0 Å². The number of aliphatic carboxylic acids is 1. The molecule has 0 fully saturated rings. The van der Waals surface area contributed by atoms with Crippen LogP contribution < -0.4 is 0 Å². The third kappa shape index (κ3) is 1.20. The van der Waals surface area contributed by atoms with Gasteiger partial charge in [-0.3, -0.25) is 4.79 Å². The standard InChI is InChI=1S/C4H4O2S2/c5-4(6)3-1-2-7-8-3/h1-3H,(H,5,6). The summed E-state index contributed by atoms with van der Waals surface area (Å²) in [5.74, 6) is -0.753. The third-order valence-corrected chi connectivity index (χ3v) is 2.95. The van der Waals surface area contributed by atoms with Gasteiger partial charge in [0, 0.05) is 0 Å². The molecule has 0 radical (unpaired) electrons. The van der Waals surface area contributed by atoms with Gasteiger partial charge in [0.15, 0.2) is 0 Å². The van der Waals surface area contributed by atoms with E-state index >= 15 is 0 Å². The second-order valence-electron chi connectivity index (χ2n) is 1.28. The van der Waals surface area contributed by atoms with Gasteiger partial charge in [-0.2, -0.15) is 0 Å². The monoisotopic (exact) mass is 148 g/mol. The van der Waals surface area contributed by atoms with E-state index < -0.39 is 5.97 Å². The quantitative estimate of drug-likeness (QED) is 0.569. The molecule has 0 saturated heterocycles. The highest BCUT2D eigenvalue weighted by molar-refractivity contribution is 8.78. The van der Waals surface area contributed by atoms with E-state index in [-0.39, 0.29) is 5.25 Å². The van der Waals surface area contributed by atoms with Crippen LogP contribution in [0.2, 0.25) is 0 Å². The van der Waals surface area contributed by atoms with Crippen LogP contribution in [0.3, 0.4) is 0 Å². The van der Waals surface area contributed by atoms with Gasteiger partial charge in [-0.05, 0) is 5.41 Å². The Labute approximate surface area is 54.7 Å². The van der Waals surface area contributed by atoms with Crippen LogP contribution in [0.25, 0.3) is 0 Å². The van der Waals surface area contributed by atoms with Crippen molar-refractivity contribution in [2.45, 2.75) is 5.25 Å². The van der Waals surface area contributed by atoms with Gasteiger partial charge in [0.25, 0.3) is 0 Å². The molecule has 0 saturated carbocycles. The van der Waals surface area contributed by atoms with Gasteiger partial charge in [-0.1, -0.05) is 27.7 Å². The van der Waals surface area contributed by atoms with E-state index in [1.807, 2.05) is 0 Å². The predicted molar refractivity (Wildman–Crippen MR) is 35.7 cm³/mol. The van der Waals surface area contributed by atoms with Crippen molar-refractivity contribution in [3.05, 3.63) is 11.5 Å². The highest BCUT2D eigenvalue weighted by atomic mass is 33.1. The Balaban J connectivity index is 2.48. The maximum Gasteiger partial charge on any atom is 0.321 e. The minimum absolute atomic E-state index is 0.319. The second kappa shape index (κ2) is 2.46. The molecule has 0 bridgehead atoms. The Morgan fingerprint density at radius 3 is 2.75 bits per heavy atom. The first kappa shape index (κ1) is 6.04. The van der Waals surface area contributed by atoms with Crippen molar-refractivity contribution in [3.8, 4) is 0 Å². The van der Waals surface area contributed by atoms with Gasteiger partial charge in [-0.25, -0.2) is 0 Å². The molecule has 0 aromatic rings. The molecule has 44 valence electrons. The zero-order valence-electron chi connectivity index (χ0n) is 3.90. The summed E-state index contributed by atoms with van der Waals surface area (Å²) in [7, 11) is 2.82. The predicted octanol–water partition coefficient (Wildman–Crippen LogP) is 1.35. The van der Waals surface area contributed by atoms with Gasteiger partial charge in [0.05, 0.1) is 0 Å². The van der Waals surface area contributed by atoms with E-state index in [2.05, 4.69) is 0 Å². The molecular formula is C4H4O2S2. The van der Waals surface area contributed by atoms with Crippen molar-refractivity contribution < 1.29 is 9.90 Å². The lowest BCUT2D eigenvalue weighted by atomic mass is 10.4. The Morgan fingerprint density at radius 2 is 2.50 bits per heavy atom. The van der Waals surface area contributed by atoms with Gasteiger partial charge >= 0.3 is 5.97 Å². The topological polar surface area (TPSA) is 37.3 Å². The third-order valence-electron chi connectivity index (χ3n) is 0.712. The molecule has 0 spiro atoms. The molecule has 0 aromatic carbocycles. The summed E-state index contributed by atoms with van der Waals surface area (Å²) in [4.78, 5) is 10.1. The molecule has 0 aliphatic carbocycles. The molecule has 1 rings (SSSR count). The van der Waals surface area contributed by atoms with E-state index in [0.29, 0.717) is 0 Å². The second-order valence-corrected chi connectivity index (χ2v) is 3.60. The number of carboxylic acid groups (broad SMARTS) is 1. The first-order chi connectivity index (χ1) is 3.80. The fourth-order valence-corrected chi connectivity index (χ4v) is 2.26. The van der Waals surface area contributed by atoms with Crippen LogP contribution in [0.4, 0.5) is 0 Å². The molecule has 1 aliphatic heterocycles. The number of rotatable bonds is 1. The average Bonchev–Trinajstić information content (AvgIpc) is 2.12. The van der Waals surface area contributed by atoms with Crippen LogP contribution in [0.1, 0.15) is 0 Å². The van der Waals surface area contributed by atoms with Crippen LogP contribution in [0.5, 0.6) is 0 Å². The smallest absolute Gasteiger partial charge is 0.321 e. The lowest BCUT2D eigenvalue weighted by Gasteiger charge is -1.94. The van der Waals surface area contributed by atoms with Gasteiger partial charge in [0.1, 0.15) is 5.25 Å². The van der Waals surface area contributed by atoms with E-state index in [1.54, 1.807) is 11.5 Å². The normalized spacial score (nSPS) is 26.2. The molecule has 0 aromatic heterocycles. The summed E-state index contributed by atoms with van der Waals surface area (Å²) in [5.41, 5.74) is 0. The number of hydrogen-bond acceptors (Lipinski definition) is 3.